The number of carbonyl (C=O) groups is 2. The Hall–Kier alpha value is -3.97. The van der Waals surface area contributed by atoms with Gasteiger partial charge in [-0.25, -0.2) is 0 Å². The summed E-state index contributed by atoms with van der Waals surface area (Å²) in [5.41, 5.74) is 2.79. The molecule has 0 radical (unpaired) electrons. The average Bonchev–Trinajstić information content (AvgIpc) is 2.86. The van der Waals surface area contributed by atoms with E-state index in [9.17, 15) is 9.59 Å². The van der Waals surface area contributed by atoms with Crippen molar-refractivity contribution < 1.29 is 23.8 Å². The van der Waals surface area contributed by atoms with Crippen LogP contribution < -0.4 is 24.4 Å². The van der Waals surface area contributed by atoms with E-state index in [0.29, 0.717) is 46.8 Å². The number of hydrogen-bond donors (Lipinski definition) is 1. The predicted molar refractivity (Wildman–Crippen MR) is 141 cm³/mol. The number of fused-ring (bicyclic) bond motifs is 1. The zero-order chi connectivity index (χ0) is 25.7. The standard InChI is InChI=1S/C28H27ClN2O5/c1-4-35-25-11-8-19(15-26(25)34-3)9-13-27(32)30-22-10-12-24-23(16-22)31(28(33)18(2)36-24)17-20-6-5-7-21(29)14-20/h5-16,18H,4,17H2,1-3H3,(H,30,32)/b13-9+. The van der Waals surface area contributed by atoms with Crippen LogP contribution in [0.1, 0.15) is 25.0 Å². The fourth-order valence-electron chi connectivity index (χ4n) is 3.88. The second-order valence-electron chi connectivity index (χ2n) is 8.16. The van der Waals surface area contributed by atoms with E-state index in [1.807, 2.05) is 31.2 Å². The third kappa shape index (κ3) is 5.80. The van der Waals surface area contributed by atoms with Gasteiger partial charge in [-0.2, -0.15) is 0 Å². The van der Waals surface area contributed by atoms with Crippen LogP contribution in [0.4, 0.5) is 11.4 Å². The van der Waals surface area contributed by atoms with Crippen molar-refractivity contribution in [1.82, 2.24) is 0 Å². The maximum absolute atomic E-state index is 12.9. The molecule has 1 atom stereocenters. The minimum absolute atomic E-state index is 0.171. The second-order valence-corrected chi connectivity index (χ2v) is 8.60. The molecule has 0 saturated heterocycles. The number of rotatable bonds is 8. The van der Waals surface area contributed by atoms with Gasteiger partial charge in [-0.3, -0.25) is 9.59 Å². The lowest BCUT2D eigenvalue weighted by atomic mass is 10.1. The lowest BCUT2D eigenvalue weighted by molar-refractivity contribution is -0.125. The van der Waals surface area contributed by atoms with E-state index in [1.54, 1.807) is 61.4 Å². The maximum atomic E-state index is 12.9. The number of methoxy groups -OCH3 is 1. The fraction of sp³-hybridized carbons (Fsp3) is 0.214. The van der Waals surface area contributed by atoms with Crippen molar-refractivity contribution in [2.24, 2.45) is 0 Å². The average molecular weight is 507 g/mol. The van der Waals surface area contributed by atoms with Crippen molar-refractivity contribution in [3.8, 4) is 17.2 Å². The Kier molecular flexibility index (Phi) is 7.80. The molecule has 3 aromatic rings. The zero-order valence-electron chi connectivity index (χ0n) is 20.3. The minimum Gasteiger partial charge on any atom is -0.493 e. The van der Waals surface area contributed by atoms with Gasteiger partial charge in [-0.15, -0.1) is 0 Å². The van der Waals surface area contributed by atoms with Crippen molar-refractivity contribution >= 4 is 40.9 Å². The molecule has 4 rings (SSSR count). The van der Waals surface area contributed by atoms with Gasteiger partial charge in [0.2, 0.25) is 5.91 Å². The van der Waals surface area contributed by atoms with E-state index < -0.39 is 6.10 Å². The van der Waals surface area contributed by atoms with E-state index >= 15 is 0 Å². The molecule has 0 aliphatic carbocycles. The number of nitrogens with zero attached hydrogens (tertiary/aromatic N) is 1. The van der Waals surface area contributed by atoms with Crippen LogP contribution in [0.15, 0.2) is 66.7 Å². The molecule has 0 spiro atoms. The molecule has 1 aliphatic rings. The topological polar surface area (TPSA) is 77.1 Å². The Bertz CT molecular complexity index is 1310. The number of benzene rings is 3. The molecule has 7 nitrogen and oxygen atoms in total. The van der Waals surface area contributed by atoms with Crippen LogP contribution in [0.3, 0.4) is 0 Å². The third-order valence-electron chi connectivity index (χ3n) is 5.58. The van der Waals surface area contributed by atoms with Crippen LogP contribution in [0.2, 0.25) is 5.02 Å². The van der Waals surface area contributed by atoms with Crippen LogP contribution in [-0.2, 0) is 16.1 Å². The number of ether oxygens (including phenoxy) is 3. The highest BCUT2D eigenvalue weighted by molar-refractivity contribution is 6.30. The second kappa shape index (κ2) is 11.2. The molecular weight excluding hydrogens is 480 g/mol. The van der Waals surface area contributed by atoms with Crippen LogP contribution in [0.5, 0.6) is 17.2 Å². The molecule has 1 aliphatic heterocycles. The summed E-state index contributed by atoms with van der Waals surface area (Å²) in [5.74, 6) is 1.31. The molecule has 0 saturated carbocycles. The first-order chi connectivity index (χ1) is 17.4. The molecule has 36 heavy (non-hydrogen) atoms. The van der Waals surface area contributed by atoms with Gasteiger partial charge >= 0.3 is 0 Å². The number of anilines is 2. The quantitative estimate of drug-likeness (QED) is 0.396. The fourth-order valence-corrected chi connectivity index (χ4v) is 4.10. The van der Waals surface area contributed by atoms with Gasteiger partial charge in [0.1, 0.15) is 5.75 Å². The van der Waals surface area contributed by atoms with Gasteiger partial charge in [-0.05, 0) is 73.5 Å². The van der Waals surface area contributed by atoms with Crippen molar-refractivity contribution in [3.05, 3.63) is 82.9 Å². The molecule has 8 heteroatoms. The summed E-state index contributed by atoms with van der Waals surface area (Å²) in [5, 5.41) is 3.44. The van der Waals surface area contributed by atoms with E-state index in [4.69, 9.17) is 25.8 Å². The summed E-state index contributed by atoms with van der Waals surface area (Å²) in [6.45, 7) is 4.47. The number of hydrogen-bond acceptors (Lipinski definition) is 5. The summed E-state index contributed by atoms with van der Waals surface area (Å²) in [4.78, 5) is 27.2. The number of amides is 2. The summed E-state index contributed by atoms with van der Waals surface area (Å²) in [6, 6.07) is 18.0. The molecule has 186 valence electrons. The SMILES string of the molecule is CCOc1ccc(/C=C/C(=O)Nc2ccc3c(c2)N(Cc2cccc(Cl)c2)C(=O)C(C)O3)cc1OC. The van der Waals surface area contributed by atoms with Gasteiger partial charge < -0.3 is 24.4 Å². The zero-order valence-corrected chi connectivity index (χ0v) is 21.0. The van der Waals surface area contributed by atoms with Crippen molar-refractivity contribution in [2.45, 2.75) is 26.5 Å². The highest BCUT2D eigenvalue weighted by atomic mass is 35.5. The number of halogens is 1. The Morgan fingerprint density at radius 2 is 1.97 bits per heavy atom. The van der Waals surface area contributed by atoms with Crippen LogP contribution in [0, 0.1) is 0 Å². The van der Waals surface area contributed by atoms with Gasteiger partial charge in [0.25, 0.3) is 5.91 Å². The van der Waals surface area contributed by atoms with Crippen molar-refractivity contribution in [2.75, 3.05) is 23.9 Å². The Morgan fingerprint density at radius 3 is 2.72 bits per heavy atom. The van der Waals surface area contributed by atoms with E-state index in [1.165, 1.54) is 6.08 Å². The first-order valence-electron chi connectivity index (χ1n) is 11.5. The van der Waals surface area contributed by atoms with Gasteiger partial charge in [-0.1, -0.05) is 29.8 Å². The smallest absolute Gasteiger partial charge is 0.268 e. The Labute approximate surface area is 215 Å². The molecule has 0 aromatic heterocycles. The summed E-state index contributed by atoms with van der Waals surface area (Å²) in [6.07, 6.45) is 2.50. The molecule has 1 N–H and O–H groups in total. The van der Waals surface area contributed by atoms with Gasteiger partial charge in [0.15, 0.2) is 17.6 Å². The monoisotopic (exact) mass is 506 g/mol. The molecule has 1 unspecified atom stereocenters. The summed E-state index contributed by atoms with van der Waals surface area (Å²) in [7, 11) is 1.57. The maximum Gasteiger partial charge on any atom is 0.268 e. The van der Waals surface area contributed by atoms with Crippen molar-refractivity contribution in [1.29, 1.82) is 0 Å². The van der Waals surface area contributed by atoms with Crippen molar-refractivity contribution in [3.63, 3.8) is 0 Å². The van der Waals surface area contributed by atoms with Crippen LogP contribution in [0.25, 0.3) is 6.08 Å². The molecule has 3 aromatic carbocycles. The Morgan fingerprint density at radius 1 is 1.14 bits per heavy atom. The molecule has 0 bridgehead atoms. The van der Waals surface area contributed by atoms with Crippen LogP contribution >= 0.6 is 11.6 Å². The van der Waals surface area contributed by atoms with Crippen LogP contribution in [-0.4, -0.2) is 31.6 Å². The van der Waals surface area contributed by atoms with Gasteiger partial charge in [0.05, 0.1) is 25.9 Å². The van der Waals surface area contributed by atoms with E-state index in [-0.39, 0.29) is 11.8 Å². The largest absolute Gasteiger partial charge is 0.493 e. The lowest BCUT2D eigenvalue weighted by Gasteiger charge is -2.33. The summed E-state index contributed by atoms with van der Waals surface area (Å²) < 4.78 is 16.7. The normalized spacial score (nSPS) is 14.8. The highest BCUT2D eigenvalue weighted by Crippen LogP contribution is 2.37. The predicted octanol–water partition coefficient (Wildman–Crippen LogP) is 5.71. The van der Waals surface area contributed by atoms with E-state index in [2.05, 4.69) is 5.32 Å². The molecule has 2 amide bonds. The molecule has 1 heterocycles. The van der Waals surface area contributed by atoms with E-state index in [0.717, 1.165) is 11.1 Å². The molecule has 0 fully saturated rings. The first-order valence-corrected chi connectivity index (χ1v) is 11.9. The number of carbonyl (C=O) groups excluding carboxylic acids is 2. The molecular formula is C28H27ClN2O5. The third-order valence-corrected chi connectivity index (χ3v) is 5.81. The first kappa shape index (κ1) is 25.1. The van der Waals surface area contributed by atoms with Gasteiger partial charge in [0, 0.05) is 16.8 Å². The highest BCUT2D eigenvalue weighted by Gasteiger charge is 2.31. The Balaban J connectivity index is 1.51. The number of nitrogens with one attached hydrogen (secondary N) is 1. The minimum atomic E-state index is -0.619. The lowest BCUT2D eigenvalue weighted by Crippen LogP contribution is -2.44. The summed E-state index contributed by atoms with van der Waals surface area (Å²) >= 11 is 6.13.